The first-order valence-corrected chi connectivity index (χ1v) is 7.76. The van der Waals surface area contributed by atoms with Crippen molar-refractivity contribution in [1.29, 1.82) is 0 Å². The van der Waals surface area contributed by atoms with Crippen LogP contribution >= 0.6 is 23.1 Å². The molecule has 3 aromatic rings. The number of hydrogen-bond acceptors (Lipinski definition) is 4. The number of hydrogen-bond donors (Lipinski definition) is 0. The molecule has 3 rings (SSSR count). The van der Waals surface area contributed by atoms with E-state index >= 15 is 0 Å². The predicted octanol–water partition coefficient (Wildman–Crippen LogP) is 4.02. The third-order valence-corrected chi connectivity index (χ3v) is 4.11. The molecule has 0 saturated heterocycles. The van der Waals surface area contributed by atoms with Gasteiger partial charge in [0.05, 0.1) is 11.4 Å². The Kier molecular flexibility index (Phi) is 4.18. The molecule has 2 aromatic carbocycles. The van der Waals surface area contributed by atoms with Gasteiger partial charge < -0.3 is 0 Å². The van der Waals surface area contributed by atoms with Crippen LogP contribution in [0.2, 0.25) is 5.02 Å². The largest absolute Gasteiger partial charge is 0.293 e. The summed E-state index contributed by atoms with van der Waals surface area (Å²) in [4.78, 5) is 16.3. The Morgan fingerprint density at radius 2 is 1.82 bits per heavy atom. The van der Waals surface area contributed by atoms with Crippen LogP contribution in [0.25, 0.3) is 5.69 Å². The SMILES string of the molecule is CC(=O)c1nn(-c2ccccc2)sc1=Nc1ccc(Cl)cc1. The summed E-state index contributed by atoms with van der Waals surface area (Å²) < 4.78 is 2.28. The molecule has 0 unspecified atom stereocenters. The van der Waals surface area contributed by atoms with Crippen molar-refractivity contribution in [1.82, 2.24) is 9.17 Å². The van der Waals surface area contributed by atoms with Crippen molar-refractivity contribution in [2.75, 3.05) is 0 Å². The zero-order valence-electron chi connectivity index (χ0n) is 11.7. The molecule has 4 nitrogen and oxygen atoms in total. The third-order valence-electron chi connectivity index (χ3n) is 2.93. The molecule has 0 saturated carbocycles. The van der Waals surface area contributed by atoms with Crippen LogP contribution in [0.15, 0.2) is 59.6 Å². The second-order valence-corrected chi connectivity index (χ2v) is 5.95. The number of para-hydroxylation sites is 1. The highest BCUT2D eigenvalue weighted by atomic mass is 35.5. The van der Waals surface area contributed by atoms with Crippen LogP contribution < -0.4 is 4.67 Å². The summed E-state index contributed by atoms with van der Waals surface area (Å²) in [6.45, 7) is 1.49. The molecule has 0 N–H and O–H groups in total. The third kappa shape index (κ3) is 3.16. The molecule has 1 aromatic heterocycles. The molecule has 0 aliphatic rings. The summed E-state index contributed by atoms with van der Waals surface area (Å²) in [5.41, 5.74) is 1.99. The second kappa shape index (κ2) is 6.25. The van der Waals surface area contributed by atoms with Crippen molar-refractivity contribution in [2.45, 2.75) is 6.92 Å². The number of carbonyl (C=O) groups excluding carboxylic acids is 1. The first-order valence-electron chi connectivity index (χ1n) is 6.61. The van der Waals surface area contributed by atoms with Crippen molar-refractivity contribution >= 4 is 34.6 Å². The lowest BCUT2D eigenvalue weighted by molar-refractivity contribution is 0.101. The van der Waals surface area contributed by atoms with Crippen LogP contribution in [-0.4, -0.2) is 15.0 Å². The number of aromatic nitrogens is 2. The van der Waals surface area contributed by atoms with Crippen molar-refractivity contribution in [3.05, 3.63) is 70.0 Å². The number of Topliss-reactive ketones (excluding diaryl/α,β-unsaturated/α-hetero) is 1. The fraction of sp³-hybridized carbons (Fsp3) is 0.0625. The van der Waals surface area contributed by atoms with E-state index in [1.165, 1.54) is 18.5 Å². The van der Waals surface area contributed by atoms with Gasteiger partial charge in [-0.15, -0.1) is 0 Å². The number of nitrogens with zero attached hydrogens (tertiary/aromatic N) is 3. The fourth-order valence-electron chi connectivity index (χ4n) is 1.87. The van der Waals surface area contributed by atoms with E-state index in [1.54, 1.807) is 28.3 Å². The fourth-order valence-corrected chi connectivity index (χ4v) is 2.93. The minimum atomic E-state index is -0.112. The van der Waals surface area contributed by atoms with E-state index < -0.39 is 0 Å². The monoisotopic (exact) mass is 329 g/mol. The molecule has 0 aliphatic heterocycles. The Morgan fingerprint density at radius 1 is 1.14 bits per heavy atom. The van der Waals surface area contributed by atoms with E-state index in [-0.39, 0.29) is 5.78 Å². The van der Waals surface area contributed by atoms with E-state index in [4.69, 9.17) is 11.6 Å². The molecule has 6 heteroatoms. The first-order chi connectivity index (χ1) is 10.6. The van der Waals surface area contributed by atoms with Gasteiger partial charge in [-0.3, -0.25) is 4.79 Å². The summed E-state index contributed by atoms with van der Waals surface area (Å²) in [7, 11) is 0. The Morgan fingerprint density at radius 3 is 2.45 bits per heavy atom. The van der Waals surface area contributed by atoms with Crippen LogP contribution in [0.3, 0.4) is 0 Å². The molecule has 0 radical (unpaired) electrons. The van der Waals surface area contributed by atoms with Crippen LogP contribution in [0.1, 0.15) is 17.4 Å². The number of benzene rings is 2. The van der Waals surface area contributed by atoms with E-state index in [9.17, 15) is 4.79 Å². The number of ketones is 1. The molecular formula is C16H12ClN3OS. The van der Waals surface area contributed by atoms with Gasteiger partial charge in [-0.25, -0.2) is 4.99 Å². The Labute approximate surface area is 136 Å². The van der Waals surface area contributed by atoms with E-state index in [0.29, 0.717) is 15.4 Å². The molecule has 0 aliphatic carbocycles. The summed E-state index contributed by atoms with van der Waals surface area (Å²) in [6.07, 6.45) is 0. The van der Waals surface area contributed by atoms with Gasteiger partial charge in [-0.05, 0) is 47.9 Å². The van der Waals surface area contributed by atoms with Gasteiger partial charge >= 0.3 is 0 Å². The highest BCUT2D eigenvalue weighted by Gasteiger charge is 2.11. The smallest absolute Gasteiger partial charge is 0.183 e. The minimum absolute atomic E-state index is 0.112. The molecule has 0 spiro atoms. The van der Waals surface area contributed by atoms with Crippen molar-refractivity contribution < 1.29 is 4.79 Å². The lowest BCUT2D eigenvalue weighted by Crippen LogP contribution is -2.08. The van der Waals surface area contributed by atoms with E-state index in [0.717, 1.165) is 11.4 Å². The highest BCUT2D eigenvalue weighted by molar-refractivity contribution is 7.04. The van der Waals surface area contributed by atoms with Gasteiger partial charge in [-0.2, -0.15) is 9.17 Å². The van der Waals surface area contributed by atoms with Gasteiger partial charge in [-0.1, -0.05) is 29.8 Å². The van der Waals surface area contributed by atoms with Gasteiger partial charge in [0.25, 0.3) is 0 Å². The number of carbonyl (C=O) groups is 1. The van der Waals surface area contributed by atoms with Gasteiger partial charge in [0.2, 0.25) is 0 Å². The maximum absolute atomic E-state index is 11.8. The average molecular weight is 330 g/mol. The van der Waals surface area contributed by atoms with Gasteiger partial charge in [0.15, 0.2) is 16.1 Å². The Bertz CT molecular complexity index is 866. The molecular weight excluding hydrogens is 318 g/mol. The van der Waals surface area contributed by atoms with Crippen LogP contribution in [0.5, 0.6) is 0 Å². The van der Waals surface area contributed by atoms with Crippen molar-refractivity contribution in [3.63, 3.8) is 0 Å². The van der Waals surface area contributed by atoms with E-state index in [1.807, 2.05) is 30.3 Å². The van der Waals surface area contributed by atoms with Gasteiger partial charge in [0.1, 0.15) is 0 Å². The zero-order valence-corrected chi connectivity index (χ0v) is 13.3. The average Bonchev–Trinajstić information content (AvgIpc) is 2.95. The van der Waals surface area contributed by atoms with Gasteiger partial charge in [0, 0.05) is 11.9 Å². The summed E-state index contributed by atoms with van der Waals surface area (Å²) in [5, 5.41) is 5.01. The molecule has 0 amide bonds. The predicted molar refractivity (Wildman–Crippen MR) is 88.1 cm³/mol. The molecule has 0 atom stereocenters. The van der Waals surface area contributed by atoms with Crippen molar-refractivity contribution in [3.8, 4) is 5.69 Å². The lowest BCUT2D eigenvalue weighted by Gasteiger charge is -1.96. The molecule has 110 valence electrons. The quantitative estimate of drug-likeness (QED) is 0.681. The minimum Gasteiger partial charge on any atom is -0.293 e. The molecule has 1 heterocycles. The molecule has 22 heavy (non-hydrogen) atoms. The first kappa shape index (κ1) is 14.7. The topological polar surface area (TPSA) is 47.2 Å². The van der Waals surface area contributed by atoms with Crippen LogP contribution in [-0.2, 0) is 0 Å². The molecule has 0 bridgehead atoms. The standard InChI is InChI=1S/C16H12ClN3OS/c1-11(21)15-16(18-13-9-7-12(17)8-10-13)22-20(19-15)14-5-3-2-4-6-14/h2-10H,1H3. The lowest BCUT2D eigenvalue weighted by atomic mass is 10.3. The summed E-state index contributed by atoms with van der Waals surface area (Å²) in [6, 6.07) is 16.8. The maximum atomic E-state index is 11.8. The second-order valence-electron chi connectivity index (χ2n) is 4.60. The Hall–Kier alpha value is -2.24. The normalized spacial score (nSPS) is 11.6. The number of halogens is 1. The highest BCUT2D eigenvalue weighted by Crippen LogP contribution is 2.16. The van der Waals surface area contributed by atoms with Crippen molar-refractivity contribution in [2.24, 2.45) is 4.99 Å². The van der Waals surface area contributed by atoms with Crippen LogP contribution in [0.4, 0.5) is 5.69 Å². The summed E-state index contributed by atoms with van der Waals surface area (Å²) in [5.74, 6) is -0.112. The van der Waals surface area contributed by atoms with Crippen LogP contribution in [0, 0.1) is 0 Å². The summed E-state index contributed by atoms with van der Waals surface area (Å²) >= 11 is 7.20. The maximum Gasteiger partial charge on any atom is 0.183 e. The van der Waals surface area contributed by atoms with E-state index in [2.05, 4.69) is 10.1 Å². The zero-order chi connectivity index (χ0) is 15.5. The number of rotatable bonds is 3. The molecule has 0 fully saturated rings. The Balaban J connectivity index is 2.12.